The molecule has 0 atom stereocenters. The van der Waals surface area contributed by atoms with Gasteiger partial charge in [-0.25, -0.2) is 4.99 Å². The number of benzene rings is 1. The van der Waals surface area contributed by atoms with Crippen LogP contribution in [0.2, 0.25) is 10.0 Å². The van der Waals surface area contributed by atoms with Crippen molar-refractivity contribution in [3.8, 4) is 0 Å². The maximum atomic E-state index is 12.2. The van der Waals surface area contributed by atoms with Crippen LogP contribution in [0.15, 0.2) is 23.2 Å². The molecule has 0 aliphatic heterocycles. The number of ether oxygens (including phenoxy) is 2. The number of amidine groups is 1. The molecule has 0 fully saturated rings. The van der Waals surface area contributed by atoms with E-state index in [0.29, 0.717) is 35.4 Å². The Morgan fingerprint density at radius 1 is 1.27 bits per heavy atom. The van der Waals surface area contributed by atoms with Crippen LogP contribution in [0.4, 0.5) is 0 Å². The van der Waals surface area contributed by atoms with Crippen molar-refractivity contribution in [2.75, 3.05) is 26.9 Å². The third kappa shape index (κ3) is 6.64. The average molecular weight is 347 g/mol. The summed E-state index contributed by atoms with van der Waals surface area (Å²) in [5.74, 6) is -0.355. The molecule has 1 rings (SSSR count). The molecule has 5 nitrogen and oxygen atoms in total. The highest BCUT2D eigenvalue weighted by molar-refractivity contribution is 6.42. The molecule has 0 aromatic heterocycles. The molecule has 0 radical (unpaired) electrons. The monoisotopic (exact) mass is 346 g/mol. The zero-order valence-corrected chi connectivity index (χ0v) is 14.2. The van der Waals surface area contributed by atoms with Crippen molar-refractivity contribution in [1.29, 1.82) is 0 Å². The van der Waals surface area contributed by atoms with E-state index in [0.717, 1.165) is 12.8 Å². The fourth-order valence-electron chi connectivity index (χ4n) is 1.49. The second-order valence-electron chi connectivity index (χ2n) is 4.46. The zero-order chi connectivity index (χ0) is 16.4. The van der Waals surface area contributed by atoms with Crippen LogP contribution in [0.25, 0.3) is 0 Å². The van der Waals surface area contributed by atoms with E-state index in [4.69, 9.17) is 32.7 Å². The maximum absolute atomic E-state index is 12.2. The van der Waals surface area contributed by atoms with E-state index in [9.17, 15) is 4.79 Å². The number of carbonyl (C=O) groups excluding carboxylic acids is 1. The zero-order valence-electron chi connectivity index (χ0n) is 12.7. The second kappa shape index (κ2) is 10.4. The molecule has 122 valence electrons. The third-order valence-electron chi connectivity index (χ3n) is 2.70. The molecule has 1 aromatic rings. The van der Waals surface area contributed by atoms with Crippen molar-refractivity contribution in [3.05, 3.63) is 33.8 Å². The van der Waals surface area contributed by atoms with E-state index >= 15 is 0 Å². The SMILES string of the molecule is CCCCN=C(NC(=O)c1ccc(Cl)c(Cl)c1)OCCOC. The summed E-state index contributed by atoms with van der Waals surface area (Å²) in [6.07, 6.45) is 1.93. The predicted octanol–water partition coefficient (Wildman–Crippen LogP) is 3.54. The minimum absolute atomic E-state index is 0.182. The first-order valence-electron chi connectivity index (χ1n) is 7.01. The van der Waals surface area contributed by atoms with Crippen LogP contribution >= 0.6 is 23.2 Å². The lowest BCUT2D eigenvalue weighted by Gasteiger charge is -2.11. The van der Waals surface area contributed by atoms with Crippen LogP contribution in [0.3, 0.4) is 0 Å². The van der Waals surface area contributed by atoms with Crippen LogP contribution in [0, 0.1) is 0 Å². The van der Waals surface area contributed by atoms with Crippen LogP contribution in [0.5, 0.6) is 0 Å². The Kier molecular flexibility index (Phi) is 8.89. The Bertz CT molecular complexity index is 522. The fourth-order valence-corrected chi connectivity index (χ4v) is 1.79. The molecule has 0 saturated carbocycles. The van der Waals surface area contributed by atoms with E-state index < -0.39 is 0 Å². The summed E-state index contributed by atoms with van der Waals surface area (Å²) >= 11 is 11.7. The summed E-state index contributed by atoms with van der Waals surface area (Å²) in [6, 6.07) is 4.83. The van der Waals surface area contributed by atoms with Crippen LogP contribution in [-0.2, 0) is 9.47 Å². The van der Waals surface area contributed by atoms with Crippen molar-refractivity contribution < 1.29 is 14.3 Å². The van der Waals surface area contributed by atoms with Crippen LogP contribution in [0.1, 0.15) is 30.1 Å². The van der Waals surface area contributed by atoms with Crippen molar-refractivity contribution in [2.45, 2.75) is 19.8 Å². The molecule has 0 spiro atoms. The molecular formula is C15H20Cl2N2O3. The standard InChI is InChI=1S/C15H20Cl2N2O3/c1-3-4-7-18-15(22-9-8-21-2)19-14(20)11-5-6-12(16)13(17)10-11/h5-6,10H,3-4,7-9H2,1-2H3,(H,18,19,20). The smallest absolute Gasteiger partial charge is 0.291 e. The normalized spacial score (nSPS) is 11.4. The summed E-state index contributed by atoms with van der Waals surface area (Å²) in [5.41, 5.74) is 0.382. The number of carbonyl (C=O) groups is 1. The third-order valence-corrected chi connectivity index (χ3v) is 3.43. The van der Waals surface area contributed by atoms with Gasteiger partial charge in [-0.05, 0) is 24.6 Å². The number of amides is 1. The number of hydrogen-bond acceptors (Lipinski definition) is 4. The Balaban J connectivity index is 2.71. The molecule has 22 heavy (non-hydrogen) atoms. The van der Waals surface area contributed by atoms with Crippen LogP contribution in [-0.4, -0.2) is 38.8 Å². The highest BCUT2D eigenvalue weighted by atomic mass is 35.5. The van der Waals surface area contributed by atoms with Crippen molar-refractivity contribution in [3.63, 3.8) is 0 Å². The Hall–Kier alpha value is -1.30. The van der Waals surface area contributed by atoms with Crippen molar-refractivity contribution >= 4 is 35.1 Å². The summed E-state index contributed by atoms with van der Waals surface area (Å²) in [4.78, 5) is 16.4. The quantitative estimate of drug-likeness (QED) is 0.466. The number of aliphatic imine (C=N–C) groups is 1. The molecule has 1 N–H and O–H groups in total. The lowest BCUT2D eigenvalue weighted by molar-refractivity contribution is 0.0954. The first-order valence-corrected chi connectivity index (χ1v) is 7.76. The van der Waals surface area contributed by atoms with Gasteiger partial charge >= 0.3 is 0 Å². The van der Waals surface area contributed by atoms with Gasteiger partial charge < -0.3 is 9.47 Å². The lowest BCUT2D eigenvalue weighted by atomic mass is 10.2. The molecule has 0 heterocycles. The van der Waals surface area contributed by atoms with E-state index in [1.165, 1.54) is 6.07 Å². The van der Waals surface area contributed by atoms with E-state index in [2.05, 4.69) is 17.2 Å². The molecule has 1 aromatic carbocycles. The highest BCUT2D eigenvalue weighted by Gasteiger charge is 2.11. The predicted molar refractivity (Wildman–Crippen MR) is 89.0 cm³/mol. The molecule has 1 amide bonds. The molecule has 7 heteroatoms. The van der Waals surface area contributed by atoms with E-state index in [1.807, 2.05) is 0 Å². The molecule has 0 saturated heterocycles. The number of rotatable bonds is 7. The number of nitrogens with zero attached hydrogens (tertiary/aromatic N) is 1. The number of hydrogen-bond donors (Lipinski definition) is 1. The van der Waals surface area contributed by atoms with Gasteiger partial charge in [0.25, 0.3) is 11.9 Å². The molecule has 0 aliphatic rings. The summed E-state index contributed by atoms with van der Waals surface area (Å²) in [7, 11) is 1.57. The van der Waals surface area contributed by atoms with Gasteiger partial charge in [-0.1, -0.05) is 36.5 Å². The van der Waals surface area contributed by atoms with E-state index in [1.54, 1.807) is 19.2 Å². The largest absolute Gasteiger partial charge is 0.463 e. The molecule has 0 aliphatic carbocycles. The number of methoxy groups -OCH3 is 1. The molecular weight excluding hydrogens is 327 g/mol. The van der Waals surface area contributed by atoms with Gasteiger partial charge in [-0.15, -0.1) is 0 Å². The van der Waals surface area contributed by atoms with Gasteiger partial charge in [0, 0.05) is 19.2 Å². The first kappa shape index (κ1) is 18.7. The van der Waals surface area contributed by atoms with Gasteiger partial charge in [0.15, 0.2) is 0 Å². The lowest BCUT2D eigenvalue weighted by Crippen LogP contribution is -2.33. The molecule has 0 unspecified atom stereocenters. The summed E-state index contributed by atoms with van der Waals surface area (Å²) < 4.78 is 10.3. The molecule has 0 bridgehead atoms. The van der Waals surface area contributed by atoms with Crippen LogP contribution < -0.4 is 5.32 Å². The van der Waals surface area contributed by atoms with E-state index in [-0.39, 0.29) is 11.9 Å². The fraction of sp³-hybridized carbons (Fsp3) is 0.467. The Morgan fingerprint density at radius 3 is 2.68 bits per heavy atom. The first-order chi connectivity index (χ1) is 10.6. The van der Waals surface area contributed by atoms with Gasteiger partial charge in [-0.3, -0.25) is 10.1 Å². The minimum Gasteiger partial charge on any atom is -0.463 e. The van der Waals surface area contributed by atoms with Crippen molar-refractivity contribution in [1.82, 2.24) is 5.32 Å². The minimum atomic E-state index is -0.355. The van der Waals surface area contributed by atoms with Gasteiger partial charge in [0.1, 0.15) is 6.61 Å². The Labute approximate surface area is 140 Å². The average Bonchev–Trinajstić information content (AvgIpc) is 2.50. The topological polar surface area (TPSA) is 59.9 Å². The number of unbranched alkanes of at least 4 members (excludes halogenated alkanes) is 1. The second-order valence-corrected chi connectivity index (χ2v) is 5.28. The summed E-state index contributed by atoms with van der Waals surface area (Å²) in [6.45, 7) is 3.37. The summed E-state index contributed by atoms with van der Waals surface area (Å²) in [5, 5.41) is 3.34. The van der Waals surface area contributed by atoms with Gasteiger partial charge in [0.05, 0.1) is 16.7 Å². The number of nitrogens with one attached hydrogen (secondary N) is 1. The van der Waals surface area contributed by atoms with Gasteiger partial charge in [0.2, 0.25) is 0 Å². The number of halogens is 2. The highest BCUT2D eigenvalue weighted by Crippen LogP contribution is 2.22. The van der Waals surface area contributed by atoms with Crippen molar-refractivity contribution in [2.24, 2.45) is 4.99 Å². The Morgan fingerprint density at radius 2 is 2.05 bits per heavy atom. The maximum Gasteiger partial charge on any atom is 0.291 e. The van der Waals surface area contributed by atoms with Gasteiger partial charge in [-0.2, -0.15) is 0 Å².